The van der Waals surface area contributed by atoms with E-state index in [0.29, 0.717) is 21.4 Å². The zero-order chi connectivity index (χ0) is 14.8. The minimum atomic E-state index is 0.534. The predicted octanol–water partition coefficient (Wildman–Crippen LogP) is 5.16. The van der Waals surface area contributed by atoms with Crippen molar-refractivity contribution in [3.8, 4) is 6.07 Å². The van der Waals surface area contributed by atoms with E-state index < -0.39 is 0 Å². The van der Waals surface area contributed by atoms with Crippen LogP contribution < -0.4 is 5.32 Å². The van der Waals surface area contributed by atoms with Gasteiger partial charge in [-0.05, 0) is 30.3 Å². The van der Waals surface area contributed by atoms with Crippen LogP contribution in [0.15, 0.2) is 48.5 Å². The van der Waals surface area contributed by atoms with Gasteiger partial charge in [-0.1, -0.05) is 41.4 Å². The lowest BCUT2D eigenvalue weighted by molar-refractivity contribution is 1.36. The minimum Gasteiger partial charge on any atom is -0.340 e. The molecule has 1 N–H and O–H groups in total. The second-order valence-electron chi connectivity index (χ2n) is 4.47. The number of halogens is 2. The third-order valence-corrected chi connectivity index (χ3v) is 3.41. The van der Waals surface area contributed by atoms with Gasteiger partial charge in [0.25, 0.3) is 0 Å². The number of nitrogens with zero attached hydrogens (tertiary/aromatic N) is 2. The Morgan fingerprint density at radius 2 is 1.71 bits per heavy atom. The summed E-state index contributed by atoms with van der Waals surface area (Å²) in [7, 11) is 0. The topological polar surface area (TPSA) is 48.7 Å². The molecule has 0 spiro atoms. The highest BCUT2D eigenvalue weighted by Gasteiger charge is 2.06. The van der Waals surface area contributed by atoms with Gasteiger partial charge in [0.15, 0.2) is 0 Å². The molecule has 0 atom stereocenters. The highest BCUT2D eigenvalue weighted by atomic mass is 35.5. The van der Waals surface area contributed by atoms with E-state index in [1.54, 1.807) is 24.3 Å². The quantitative estimate of drug-likeness (QED) is 0.711. The van der Waals surface area contributed by atoms with Gasteiger partial charge in [0.1, 0.15) is 5.82 Å². The number of fused-ring (bicyclic) bond motifs is 1. The second kappa shape index (κ2) is 5.61. The first-order valence-corrected chi connectivity index (χ1v) is 6.94. The molecule has 0 saturated carbocycles. The first-order valence-electron chi connectivity index (χ1n) is 6.19. The Hall–Kier alpha value is -2.28. The van der Waals surface area contributed by atoms with Crippen molar-refractivity contribution < 1.29 is 0 Å². The summed E-state index contributed by atoms with van der Waals surface area (Å²) in [5.74, 6) is 0.573. The molecule has 3 nitrogen and oxygen atoms in total. The fraction of sp³-hybridized carbons (Fsp3) is 0. The van der Waals surface area contributed by atoms with Crippen molar-refractivity contribution in [2.24, 2.45) is 0 Å². The molecule has 102 valence electrons. The molecule has 1 aromatic heterocycles. The van der Waals surface area contributed by atoms with Gasteiger partial charge in [0, 0.05) is 21.1 Å². The largest absolute Gasteiger partial charge is 0.340 e. The summed E-state index contributed by atoms with van der Waals surface area (Å²) in [6.45, 7) is 0. The molecule has 0 saturated heterocycles. The molecule has 0 amide bonds. The predicted molar refractivity (Wildman–Crippen MR) is 86.2 cm³/mol. The summed E-state index contributed by atoms with van der Waals surface area (Å²) in [5.41, 5.74) is 2.04. The Balaban J connectivity index is 2.07. The van der Waals surface area contributed by atoms with E-state index in [-0.39, 0.29) is 0 Å². The van der Waals surface area contributed by atoms with Crippen LogP contribution in [0.4, 0.5) is 11.5 Å². The van der Waals surface area contributed by atoms with Crippen LogP contribution in [-0.4, -0.2) is 4.98 Å². The summed E-state index contributed by atoms with van der Waals surface area (Å²) in [6.07, 6.45) is 0. The first-order chi connectivity index (χ1) is 10.2. The van der Waals surface area contributed by atoms with E-state index in [1.165, 1.54) is 0 Å². The average Bonchev–Trinajstić information content (AvgIpc) is 2.45. The lowest BCUT2D eigenvalue weighted by atomic mass is 10.1. The molecular formula is C16H9Cl2N3. The zero-order valence-electron chi connectivity index (χ0n) is 10.8. The van der Waals surface area contributed by atoms with Crippen LogP contribution >= 0.6 is 23.2 Å². The van der Waals surface area contributed by atoms with Crippen molar-refractivity contribution in [2.75, 3.05) is 5.32 Å². The number of benzene rings is 2. The number of hydrogen-bond acceptors (Lipinski definition) is 3. The molecule has 0 aliphatic heterocycles. The number of rotatable bonds is 2. The number of nitriles is 1. The number of nitrogens with one attached hydrogen (secondary N) is 1. The summed E-state index contributed by atoms with van der Waals surface area (Å²) in [5, 5.41) is 14.3. The highest BCUT2D eigenvalue weighted by molar-refractivity contribution is 6.35. The highest BCUT2D eigenvalue weighted by Crippen LogP contribution is 2.26. The summed E-state index contributed by atoms with van der Waals surface area (Å²) >= 11 is 11.9. The molecule has 5 heteroatoms. The van der Waals surface area contributed by atoms with Crippen LogP contribution in [0.5, 0.6) is 0 Å². The van der Waals surface area contributed by atoms with Crippen molar-refractivity contribution in [3.63, 3.8) is 0 Å². The number of pyridine rings is 1. The van der Waals surface area contributed by atoms with E-state index in [0.717, 1.165) is 16.6 Å². The van der Waals surface area contributed by atoms with Gasteiger partial charge in [0.05, 0.1) is 17.1 Å². The van der Waals surface area contributed by atoms with E-state index in [9.17, 15) is 5.26 Å². The Morgan fingerprint density at radius 1 is 1.00 bits per heavy atom. The molecule has 1 heterocycles. The van der Waals surface area contributed by atoms with Gasteiger partial charge in [0.2, 0.25) is 0 Å². The van der Waals surface area contributed by atoms with Crippen molar-refractivity contribution in [1.29, 1.82) is 5.26 Å². The Kier molecular flexibility index (Phi) is 3.66. The number of anilines is 2. The van der Waals surface area contributed by atoms with Crippen LogP contribution in [0, 0.1) is 11.3 Å². The maximum atomic E-state index is 9.27. The molecule has 21 heavy (non-hydrogen) atoms. The monoisotopic (exact) mass is 313 g/mol. The lowest BCUT2D eigenvalue weighted by Crippen LogP contribution is -1.95. The van der Waals surface area contributed by atoms with Gasteiger partial charge in [-0.25, -0.2) is 4.98 Å². The van der Waals surface area contributed by atoms with Crippen molar-refractivity contribution in [2.45, 2.75) is 0 Å². The summed E-state index contributed by atoms with van der Waals surface area (Å²) < 4.78 is 0. The number of para-hydroxylation sites is 1. The fourth-order valence-corrected chi connectivity index (χ4v) is 2.63. The van der Waals surface area contributed by atoms with Gasteiger partial charge >= 0.3 is 0 Å². The summed E-state index contributed by atoms with van der Waals surface area (Å²) in [6, 6.07) is 16.6. The normalized spacial score (nSPS) is 10.3. The Bertz CT molecular complexity index is 849. The smallest absolute Gasteiger partial charge is 0.132 e. The van der Waals surface area contributed by atoms with E-state index in [4.69, 9.17) is 23.2 Å². The van der Waals surface area contributed by atoms with E-state index in [2.05, 4.69) is 16.4 Å². The van der Waals surface area contributed by atoms with Gasteiger partial charge in [-0.3, -0.25) is 0 Å². The van der Waals surface area contributed by atoms with Crippen molar-refractivity contribution >= 4 is 45.6 Å². The Labute approximate surface area is 131 Å². The third-order valence-electron chi connectivity index (χ3n) is 2.97. The molecule has 0 aliphatic carbocycles. The van der Waals surface area contributed by atoms with Crippen LogP contribution in [0.25, 0.3) is 10.9 Å². The minimum absolute atomic E-state index is 0.534. The number of hydrogen-bond donors (Lipinski definition) is 1. The fourth-order valence-electron chi connectivity index (χ4n) is 2.11. The van der Waals surface area contributed by atoms with Gasteiger partial charge in [-0.2, -0.15) is 5.26 Å². The second-order valence-corrected chi connectivity index (χ2v) is 5.34. The molecule has 0 unspecified atom stereocenters. The molecule has 3 rings (SSSR count). The van der Waals surface area contributed by atoms with Crippen LogP contribution in [0.3, 0.4) is 0 Å². The van der Waals surface area contributed by atoms with Crippen molar-refractivity contribution in [1.82, 2.24) is 4.98 Å². The first kappa shape index (κ1) is 13.7. The van der Waals surface area contributed by atoms with Crippen molar-refractivity contribution in [3.05, 3.63) is 64.1 Å². The molecule has 0 aliphatic rings. The zero-order valence-corrected chi connectivity index (χ0v) is 12.3. The SMILES string of the molecule is N#Cc1cc(Nc2cc(Cl)cc(Cl)c2)nc2ccccc12. The molecule has 0 bridgehead atoms. The molecule has 0 radical (unpaired) electrons. The van der Waals surface area contributed by atoms with Crippen LogP contribution in [0.2, 0.25) is 10.0 Å². The van der Waals surface area contributed by atoms with Crippen LogP contribution in [0.1, 0.15) is 5.56 Å². The third kappa shape index (κ3) is 2.92. The maximum Gasteiger partial charge on any atom is 0.132 e. The summed E-state index contributed by atoms with van der Waals surface area (Å²) in [4.78, 5) is 4.49. The molecular weight excluding hydrogens is 305 g/mol. The number of aromatic nitrogens is 1. The average molecular weight is 314 g/mol. The van der Waals surface area contributed by atoms with Gasteiger partial charge < -0.3 is 5.32 Å². The molecule has 3 aromatic rings. The van der Waals surface area contributed by atoms with Crippen LogP contribution in [-0.2, 0) is 0 Å². The lowest BCUT2D eigenvalue weighted by Gasteiger charge is -2.09. The maximum absolute atomic E-state index is 9.27. The Morgan fingerprint density at radius 3 is 2.43 bits per heavy atom. The van der Waals surface area contributed by atoms with E-state index >= 15 is 0 Å². The molecule has 2 aromatic carbocycles. The molecule has 0 fully saturated rings. The van der Waals surface area contributed by atoms with Gasteiger partial charge in [-0.15, -0.1) is 0 Å². The van der Waals surface area contributed by atoms with E-state index in [1.807, 2.05) is 24.3 Å². The standard InChI is InChI=1S/C16H9Cl2N3/c17-11-6-12(18)8-13(7-11)20-16-5-10(9-19)14-3-1-2-4-15(14)21-16/h1-8H,(H,20,21).